The lowest BCUT2D eigenvalue weighted by molar-refractivity contribution is 1.10. The molecule has 0 spiro atoms. The van der Waals surface area contributed by atoms with E-state index in [1.54, 1.807) is 0 Å². The Balaban J connectivity index is 1.84. The first-order valence-corrected chi connectivity index (χ1v) is 6.46. The summed E-state index contributed by atoms with van der Waals surface area (Å²) in [7, 11) is 0. The van der Waals surface area contributed by atoms with E-state index in [0.717, 1.165) is 23.1 Å². The summed E-state index contributed by atoms with van der Waals surface area (Å²) in [6.45, 7) is 5.10. The van der Waals surface area contributed by atoms with E-state index >= 15 is 0 Å². The van der Waals surface area contributed by atoms with Gasteiger partial charge in [-0.2, -0.15) is 5.10 Å². The Kier molecular flexibility index (Phi) is 2.95. The molecule has 3 nitrogen and oxygen atoms in total. The number of nitrogens with zero attached hydrogens (tertiary/aromatic N) is 1. The number of nitrogens with one attached hydrogen (secondary N) is 2. The zero-order chi connectivity index (χ0) is 13.2. The van der Waals surface area contributed by atoms with Crippen molar-refractivity contribution in [3.8, 4) is 0 Å². The van der Waals surface area contributed by atoms with E-state index in [4.69, 9.17) is 0 Å². The highest BCUT2D eigenvalue weighted by atomic mass is 15.1. The molecular weight excluding hydrogens is 234 g/mol. The molecule has 3 rings (SSSR count). The smallest absolute Gasteiger partial charge is 0.0881 e. The normalized spacial score (nSPS) is 10.8. The summed E-state index contributed by atoms with van der Waals surface area (Å²) in [5, 5.41) is 11.7. The van der Waals surface area contributed by atoms with Gasteiger partial charge in [-0.05, 0) is 31.0 Å². The Morgan fingerprint density at radius 1 is 1.16 bits per heavy atom. The lowest BCUT2D eigenvalue weighted by atomic mass is 10.1. The highest BCUT2D eigenvalue weighted by molar-refractivity contribution is 5.89. The molecule has 0 saturated heterocycles. The van der Waals surface area contributed by atoms with Gasteiger partial charge >= 0.3 is 0 Å². The van der Waals surface area contributed by atoms with Gasteiger partial charge in [0.25, 0.3) is 0 Å². The third-order valence-corrected chi connectivity index (χ3v) is 3.44. The summed E-state index contributed by atoms with van der Waals surface area (Å²) < 4.78 is 0. The molecule has 1 heterocycles. The van der Waals surface area contributed by atoms with Crippen molar-refractivity contribution in [2.24, 2.45) is 0 Å². The minimum atomic E-state index is 0.824. The number of H-pyrrole nitrogens is 1. The van der Waals surface area contributed by atoms with Gasteiger partial charge in [-0.25, -0.2) is 0 Å². The van der Waals surface area contributed by atoms with Gasteiger partial charge in [0.15, 0.2) is 0 Å². The molecule has 0 fully saturated rings. The summed E-state index contributed by atoms with van der Waals surface area (Å²) >= 11 is 0. The first-order chi connectivity index (χ1) is 9.24. The van der Waals surface area contributed by atoms with Gasteiger partial charge in [0, 0.05) is 11.9 Å². The lowest BCUT2D eigenvalue weighted by Gasteiger charge is -2.10. The van der Waals surface area contributed by atoms with Crippen LogP contribution >= 0.6 is 0 Å². The molecule has 0 unspecified atom stereocenters. The van der Waals surface area contributed by atoms with Gasteiger partial charge in [-0.15, -0.1) is 0 Å². The molecule has 0 radical (unpaired) electrons. The fourth-order valence-electron chi connectivity index (χ4n) is 2.35. The van der Waals surface area contributed by atoms with Gasteiger partial charge in [0.05, 0.1) is 17.4 Å². The van der Waals surface area contributed by atoms with E-state index in [-0.39, 0.29) is 0 Å². The van der Waals surface area contributed by atoms with Gasteiger partial charge < -0.3 is 5.32 Å². The van der Waals surface area contributed by atoms with Crippen LogP contribution in [0.25, 0.3) is 10.9 Å². The SMILES string of the molecule is Cc1ccc(CNc2cccc3cn[nH]c23)c(C)c1. The second-order valence-corrected chi connectivity index (χ2v) is 4.92. The van der Waals surface area contributed by atoms with Crippen LogP contribution in [0.1, 0.15) is 16.7 Å². The molecule has 0 atom stereocenters. The number of hydrogen-bond acceptors (Lipinski definition) is 2. The topological polar surface area (TPSA) is 40.7 Å². The number of para-hydroxylation sites is 1. The van der Waals surface area contributed by atoms with E-state index in [2.05, 4.69) is 59.7 Å². The molecule has 3 aromatic rings. The number of rotatable bonds is 3. The van der Waals surface area contributed by atoms with Gasteiger partial charge in [0.1, 0.15) is 0 Å². The minimum absolute atomic E-state index is 0.824. The number of fused-ring (bicyclic) bond motifs is 1. The van der Waals surface area contributed by atoms with E-state index in [1.165, 1.54) is 16.7 Å². The summed E-state index contributed by atoms with van der Waals surface area (Å²) in [5.74, 6) is 0. The summed E-state index contributed by atoms with van der Waals surface area (Å²) in [4.78, 5) is 0. The van der Waals surface area contributed by atoms with Crippen molar-refractivity contribution in [1.29, 1.82) is 0 Å². The molecule has 0 amide bonds. The van der Waals surface area contributed by atoms with Crippen molar-refractivity contribution in [3.63, 3.8) is 0 Å². The van der Waals surface area contributed by atoms with Gasteiger partial charge in [-0.3, -0.25) is 5.10 Å². The standard InChI is InChI=1S/C16H17N3/c1-11-6-7-13(12(2)8-11)9-17-15-5-3-4-14-10-18-19-16(14)15/h3-8,10,17H,9H2,1-2H3,(H,18,19). The van der Waals surface area contributed by atoms with Crippen LogP contribution in [0.15, 0.2) is 42.6 Å². The Bertz CT molecular complexity index is 713. The van der Waals surface area contributed by atoms with E-state index in [0.29, 0.717) is 0 Å². The third-order valence-electron chi connectivity index (χ3n) is 3.44. The van der Waals surface area contributed by atoms with E-state index in [9.17, 15) is 0 Å². The van der Waals surface area contributed by atoms with Crippen LogP contribution in [0.5, 0.6) is 0 Å². The molecule has 3 heteroatoms. The van der Waals surface area contributed by atoms with Crippen molar-refractivity contribution < 1.29 is 0 Å². The molecule has 0 aliphatic carbocycles. The first kappa shape index (κ1) is 11.8. The number of aryl methyl sites for hydroxylation is 2. The van der Waals surface area contributed by atoms with Crippen molar-refractivity contribution in [2.75, 3.05) is 5.32 Å². The third kappa shape index (κ3) is 2.32. The zero-order valence-electron chi connectivity index (χ0n) is 11.2. The molecule has 19 heavy (non-hydrogen) atoms. The van der Waals surface area contributed by atoms with Gasteiger partial charge in [-0.1, -0.05) is 35.9 Å². The number of anilines is 1. The highest BCUT2D eigenvalue weighted by Gasteiger charge is 2.03. The monoisotopic (exact) mass is 251 g/mol. The zero-order valence-corrected chi connectivity index (χ0v) is 11.2. The van der Waals surface area contributed by atoms with E-state index < -0.39 is 0 Å². The van der Waals surface area contributed by atoms with Crippen molar-refractivity contribution in [1.82, 2.24) is 10.2 Å². The molecule has 0 bridgehead atoms. The van der Waals surface area contributed by atoms with Crippen LogP contribution in [0, 0.1) is 13.8 Å². The molecule has 1 aromatic heterocycles. The molecule has 0 aliphatic rings. The van der Waals surface area contributed by atoms with Crippen molar-refractivity contribution >= 4 is 16.6 Å². The van der Waals surface area contributed by atoms with Crippen LogP contribution < -0.4 is 5.32 Å². The maximum absolute atomic E-state index is 4.08. The highest BCUT2D eigenvalue weighted by Crippen LogP contribution is 2.21. The maximum atomic E-state index is 4.08. The van der Waals surface area contributed by atoms with Crippen molar-refractivity contribution in [2.45, 2.75) is 20.4 Å². The van der Waals surface area contributed by atoms with Crippen LogP contribution in [0.4, 0.5) is 5.69 Å². The maximum Gasteiger partial charge on any atom is 0.0881 e. The molecule has 96 valence electrons. The Hall–Kier alpha value is -2.29. The summed E-state index contributed by atoms with van der Waals surface area (Å²) in [6.07, 6.45) is 1.84. The minimum Gasteiger partial charge on any atom is -0.379 e. The van der Waals surface area contributed by atoms with E-state index in [1.807, 2.05) is 12.3 Å². The number of aromatic amines is 1. The van der Waals surface area contributed by atoms with Crippen LogP contribution in [-0.2, 0) is 6.54 Å². The molecule has 0 saturated carbocycles. The molecule has 2 aromatic carbocycles. The second kappa shape index (κ2) is 4.76. The fourth-order valence-corrected chi connectivity index (χ4v) is 2.35. The van der Waals surface area contributed by atoms with Crippen LogP contribution in [-0.4, -0.2) is 10.2 Å². The quantitative estimate of drug-likeness (QED) is 0.743. The fraction of sp³-hybridized carbons (Fsp3) is 0.188. The number of aromatic nitrogens is 2. The lowest BCUT2D eigenvalue weighted by Crippen LogP contribution is -2.02. The Morgan fingerprint density at radius 3 is 2.89 bits per heavy atom. The Labute approximate surface area is 112 Å². The predicted octanol–water partition coefficient (Wildman–Crippen LogP) is 3.79. The van der Waals surface area contributed by atoms with Crippen LogP contribution in [0.3, 0.4) is 0 Å². The van der Waals surface area contributed by atoms with Gasteiger partial charge in [0.2, 0.25) is 0 Å². The molecular formula is C16H17N3. The summed E-state index contributed by atoms with van der Waals surface area (Å²) in [6, 6.07) is 12.7. The second-order valence-electron chi connectivity index (χ2n) is 4.92. The molecule has 2 N–H and O–H groups in total. The summed E-state index contributed by atoms with van der Waals surface area (Å²) in [5.41, 5.74) is 6.10. The Morgan fingerprint density at radius 2 is 2.05 bits per heavy atom. The van der Waals surface area contributed by atoms with Crippen molar-refractivity contribution in [3.05, 3.63) is 59.3 Å². The average molecular weight is 251 g/mol. The van der Waals surface area contributed by atoms with Crippen LogP contribution in [0.2, 0.25) is 0 Å². The predicted molar refractivity (Wildman–Crippen MR) is 79.3 cm³/mol. The molecule has 0 aliphatic heterocycles. The largest absolute Gasteiger partial charge is 0.379 e. The number of benzene rings is 2. The number of hydrogen-bond donors (Lipinski definition) is 2. The first-order valence-electron chi connectivity index (χ1n) is 6.46. The average Bonchev–Trinajstić information content (AvgIpc) is 2.86.